The van der Waals surface area contributed by atoms with E-state index in [9.17, 15) is 9.59 Å². The molecule has 5 heteroatoms. The van der Waals surface area contributed by atoms with Crippen molar-refractivity contribution >= 4 is 33.4 Å². The fraction of sp³-hybridized carbons (Fsp3) is 0.176. The molecule has 22 heavy (non-hydrogen) atoms. The maximum atomic E-state index is 12.0. The molecular formula is C17H17BrN2O2. The van der Waals surface area contributed by atoms with Crippen LogP contribution in [0.15, 0.2) is 46.9 Å². The van der Waals surface area contributed by atoms with Gasteiger partial charge in [-0.2, -0.15) is 0 Å². The summed E-state index contributed by atoms with van der Waals surface area (Å²) >= 11 is 3.31. The van der Waals surface area contributed by atoms with E-state index in [0.717, 1.165) is 21.3 Å². The largest absolute Gasteiger partial charge is 0.343 e. The zero-order chi connectivity index (χ0) is 16.1. The van der Waals surface area contributed by atoms with Crippen LogP contribution < -0.4 is 10.6 Å². The van der Waals surface area contributed by atoms with Gasteiger partial charge in [-0.1, -0.05) is 39.7 Å². The quantitative estimate of drug-likeness (QED) is 0.877. The Morgan fingerprint density at radius 3 is 2.55 bits per heavy atom. The Bertz CT molecular complexity index is 714. The predicted molar refractivity (Wildman–Crippen MR) is 91.0 cm³/mol. The fourth-order valence-corrected chi connectivity index (χ4v) is 2.44. The first-order valence-corrected chi connectivity index (χ1v) is 7.66. The third-order valence-electron chi connectivity index (χ3n) is 3.15. The number of halogens is 1. The third-order valence-corrected chi connectivity index (χ3v) is 3.65. The monoisotopic (exact) mass is 360 g/mol. The van der Waals surface area contributed by atoms with Crippen LogP contribution in [0.3, 0.4) is 0 Å². The van der Waals surface area contributed by atoms with Crippen LogP contribution in [0.2, 0.25) is 0 Å². The second-order valence-corrected chi connectivity index (χ2v) is 5.98. The van der Waals surface area contributed by atoms with Gasteiger partial charge in [-0.3, -0.25) is 9.59 Å². The number of aryl methyl sites for hydroxylation is 2. The summed E-state index contributed by atoms with van der Waals surface area (Å²) in [5, 5.41) is 5.40. The molecule has 2 N–H and O–H groups in total. The molecule has 0 saturated heterocycles. The molecule has 0 aliphatic heterocycles. The summed E-state index contributed by atoms with van der Waals surface area (Å²) in [6.45, 7) is 3.86. The molecule has 0 bridgehead atoms. The van der Waals surface area contributed by atoms with E-state index in [1.165, 1.54) is 0 Å². The number of rotatable bonds is 4. The van der Waals surface area contributed by atoms with Gasteiger partial charge in [-0.25, -0.2) is 0 Å². The Morgan fingerprint density at radius 1 is 1.09 bits per heavy atom. The molecule has 0 spiro atoms. The lowest BCUT2D eigenvalue weighted by molar-refractivity contribution is -0.115. The number of carbonyl (C=O) groups excluding carboxylic acids is 2. The van der Waals surface area contributed by atoms with E-state index < -0.39 is 0 Å². The minimum Gasteiger partial charge on any atom is -0.343 e. The summed E-state index contributed by atoms with van der Waals surface area (Å²) in [6.07, 6.45) is 0. The van der Waals surface area contributed by atoms with Crippen molar-refractivity contribution in [3.05, 3.63) is 63.6 Å². The molecule has 0 radical (unpaired) electrons. The van der Waals surface area contributed by atoms with E-state index in [-0.39, 0.29) is 18.4 Å². The summed E-state index contributed by atoms with van der Waals surface area (Å²) < 4.78 is 0.819. The van der Waals surface area contributed by atoms with Crippen molar-refractivity contribution in [3.63, 3.8) is 0 Å². The highest BCUT2D eigenvalue weighted by atomic mass is 79.9. The van der Waals surface area contributed by atoms with Crippen LogP contribution in [-0.4, -0.2) is 18.4 Å². The Balaban J connectivity index is 1.91. The van der Waals surface area contributed by atoms with Gasteiger partial charge in [0.25, 0.3) is 5.91 Å². The van der Waals surface area contributed by atoms with Gasteiger partial charge in [0, 0.05) is 15.7 Å². The average molecular weight is 361 g/mol. The van der Waals surface area contributed by atoms with Crippen molar-refractivity contribution in [2.24, 2.45) is 0 Å². The van der Waals surface area contributed by atoms with Crippen LogP contribution in [0.4, 0.5) is 5.69 Å². The van der Waals surface area contributed by atoms with Gasteiger partial charge in [0.1, 0.15) is 0 Å². The van der Waals surface area contributed by atoms with Gasteiger partial charge in [-0.05, 0) is 43.7 Å². The Morgan fingerprint density at radius 2 is 1.86 bits per heavy atom. The Kier molecular flexibility index (Phi) is 5.33. The van der Waals surface area contributed by atoms with Gasteiger partial charge in [0.2, 0.25) is 5.91 Å². The van der Waals surface area contributed by atoms with Crippen LogP contribution in [0.1, 0.15) is 21.5 Å². The van der Waals surface area contributed by atoms with E-state index in [0.29, 0.717) is 5.56 Å². The number of hydrogen-bond acceptors (Lipinski definition) is 2. The molecule has 0 fully saturated rings. The molecule has 0 aliphatic carbocycles. The number of nitrogens with one attached hydrogen (secondary N) is 2. The van der Waals surface area contributed by atoms with Gasteiger partial charge in [0.15, 0.2) is 0 Å². The van der Waals surface area contributed by atoms with Crippen molar-refractivity contribution in [2.75, 3.05) is 11.9 Å². The highest BCUT2D eigenvalue weighted by molar-refractivity contribution is 9.10. The molecule has 4 nitrogen and oxygen atoms in total. The van der Waals surface area contributed by atoms with Crippen LogP contribution in [-0.2, 0) is 4.79 Å². The standard InChI is InChI=1S/C17H17BrN2O2/c1-11-6-7-15(12(2)8-11)20-16(21)10-19-17(22)13-4-3-5-14(18)9-13/h3-9H,10H2,1-2H3,(H,19,22)(H,20,21). The molecule has 0 aliphatic rings. The van der Waals surface area contributed by atoms with Gasteiger partial charge < -0.3 is 10.6 Å². The molecule has 2 aromatic rings. The van der Waals surface area contributed by atoms with Crippen LogP contribution in [0.25, 0.3) is 0 Å². The van der Waals surface area contributed by atoms with Gasteiger partial charge in [-0.15, -0.1) is 0 Å². The number of amides is 2. The third kappa shape index (κ3) is 4.43. The highest BCUT2D eigenvalue weighted by Crippen LogP contribution is 2.15. The van der Waals surface area contributed by atoms with E-state index in [2.05, 4.69) is 26.6 Å². The number of carbonyl (C=O) groups is 2. The number of benzene rings is 2. The molecule has 0 heterocycles. The second-order valence-electron chi connectivity index (χ2n) is 5.06. The fourth-order valence-electron chi connectivity index (χ4n) is 2.04. The van der Waals surface area contributed by atoms with Crippen molar-refractivity contribution < 1.29 is 9.59 Å². The van der Waals surface area contributed by atoms with Crippen molar-refractivity contribution in [3.8, 4) is 0 Å². The zero-order valence-corrected chi connectivity index (χ0v) is 14.0. The highest BCUT2D eigenvalue weighted by Gasteiger charge is 2.09. The maximum Gasteiger partial charge on any atom is 0.251 e. The van der Waals surface area contributed by atoms with E-state index in [1.54, 1.807) is 18.2 Å². The van der Waals surface area contributed by atoms with E-state index >= 15 is 0 Å². The summed E-state index contributed by atoms with van der Waals surface area (Å²) in [4.78, 5) is 23.9. The molecule has 0 aromatic heterocycles. The maximum absolute atomic E-state index is 12.0. The van der Waals surface area contributed by atoms with Crippen LogP contribution in [0.5, 0.6) is 0 Å². The van der Waals surface area contributed by atoms with E-state index in [1.807, 2.05) is 38.1 Å². The van der Waals surface area contributed by atoms with Gasteiger partial charge >= 0.3 is 0 Å². The smallest absolute Gasteiger partial charge is 0.251 e. The van der Waals surface area contributed by atoms with Crippen molar-refractivity contribution in [1.82, 2.24) is 5.32 Å². The lowest BCUT2D eigenvalue weighted by atomic mass is 10.1. The zero-order valence-electron chi connectivity index (χ0n) is 12.4. The topological polar surface area (TPSA) is 58.2 Å². The Labute approximate surface area is 138 Å². The van der Waals surface area contributed by atoms with Crippen molar-refractivity contribution in [1.29, 1.82) is 0 Å². The molecule has 114 valence electrons. The molecular weight excluding hydrogens is 344 g/mol. The second kappa shape index (κ2) is 7.22. The SMILES string of the molecule is Cc1ccc(NC(=O)CNC(=O)c2cccc(Br)c2)c(C)c1. The minimum atomic E-state index is -0.280. The normalized spacial score (nSPS) is 10.1. The molecule has 2 aromatic carbocycles. The lowest BCUT2D eigenvalue weighted by Gasteiger charge is -2.10. The molecule has 2 amide bonds. The average Bonchev–Trinajstić information content (AvgIpc) is 2.47. The number of hydrogen-bond donors (Lipinski definition) is 2. The first-order valence-electron chi connectivity index (χ1n) is 6.86. The molecule has 0 atom stereocenters. The van der Waals surface area contributed by atoms with E-state index in [4.69, 9.17) is 0 Å². The Hall–Kier alpha value is -2.14. The molecule has 2 rings (SSSR count). The van der Waals surface area contributed by atoms with Crippen LogP contribution in [0, 0.1) is 13.8 Å². The summed E-state index contributed by atoms with van der Waals surface area (Å²) in [6, 6.07) is 12.8. The van der Waals surface area contributed by atoms with Gasteiger partial charge in [0.05, 0.1) is 6.54 Å². The molecule has 0 saturated carbocycles. The summed E-state index contributed by atoms with van der Waals surface area (Å²) in [5.74, 6) is -0.535. The van der Waals surface area contributed by atoms with Crippen molar-refractivity contribution in [2.45, 2.75) is 13.8 Å². The minimum absolute atomic E-state index is 0.0708. The predicted octanol–water partition coefficient (Wildman–Crippen LogP) is 3.43. The summed E-state index contributed by atoms with van der Waals surface area (Å²) in [5.41, 5.74) is 3.39. The molecule has 0 unspecified atom stereocenters. The summed E-state index contributed by atoms with van der Waals surface area (Å²) in [7, 11) is 0. The first kappa shape index (κ1) is 16.2. The van der Waals surface area contributed by atoms with Crippen LogP contribution >= 0.6 is 15.9 Å². The first-order chi connectivity index (χ1) is 10.5. The number of anilines is 1. The lowest BCUT2D eigenvalue weighted by Crippen LogP contribution is -2.33.